The molecule has 5 rings (SSSR count). The number of anilines is 2. The van der Waals surface area contributed by atoms with Gasteiger partial charge in [0.1, 0.15) is 22.7 Å². The van der Waals surface area contributed by atoms with Gasteiger partial charge < -0.3 is 10.1 Å². The molecule has 4 aromatic rings. The molecule has 0 spiro atoms. The fraction of sp³-hybridized carbons (Fsp3) is 0.143. The first-order chi connectivity index (χ1) is 13.3. The molecule has 0 unspecified atom stereocenters. The number of rotatable bonds is 4. The van der Waals surface area contributed by atoms with Crippen molar-refractivity contribution in [3.05, 3.63) is 70.3 Å². The number of thiophene rings is 1. The molecule has 1 N–H and O–H groups in total. The fourth-order valence-electron chi connectivity index (χ4n) is 3.46. The van der Waals surface area contributed by atoms with E-state index in [1.54, 1.807) is 17.7 Å². The standard InChI is InChI=1S/C21H16ClN3OS/c22-13-9-10-17(26-14-5-2-1-3-6-14)16(11-13)25-20-19-15-7-4-8-18(15)27-21(19)24-12-23-20/h1-3,5-6,9-12H,4,7-8H2,(H,23,24,25). The summed E-state index contributed by atoms with van der Waals surface area (Å²) in [5.74, 6) is 2.27. The molecule has 1 aliphatic rings. The summed E-state index contributed by atoms with van der Waals surface area (Å²) in [7, 11) is 0. The van der Waals surface area contributed by atoms with Crippen molar-refractivity contribution in [2.75, 3.05) is 5.32 Å². The summed E-state index contributed by atoms with van der Waals surface area (Å²) in [5, 5.41) is 5.20. The Morgan fingerprint density at radius 2 is 1.93 bits per heavy atom. The van der Waals surface area contributed by atoms with Gasteiger partial charge in [0, 0.05) is 9.90 Å². The van der Waals surface area contributed by atoms with Crippen LogP contribution in [0.3, 0.4) is 0 Å². The maximum absolute atomic E-state index is 6.25. The molecule has 0 bridgehead atoms. The molecule has 0 fully saturated rings. The van der Waals surface area contributed by atoms with Gasteiger partial charge in [0.05, 0.1) is 11.1 Å². The van der Waals surface area contributed by atoms with Crippen LogP contribution in [-0.2, 0) is 12.8 Å². The van der Waals surface area contributed by atoms with Gasteiger partial charge in [-0.05, 0) is 55.2 Å². The van der Waals surface area contributed by atoms with Gasteiger partial charge >= 0.3 is 0 Å². The van der Waals surface area contributed by atoms with Crippen LogP contribution >= 0.6 is 22.9 Å². The predicted molar refractivity (Wildman–Crippen MR) is 111 cm³/mol. The third-order valence-electron chi connectivity index (χ3n) is 4.67. The molecule has 27 heavy (non-hydrogen) atoms. The largest absolute Gasteiger partial charge is 0.455 e. The Bertz CT molecular complexity index is 1130. The zero-order chi connectivity index (χ0) is 18.2. The average Bonchev–Trinajstić information content (AvgIpc) is 3.26. The van der Waals surface area contributed by atoms with Gasteiger partial charge in [-0.1, -0.05) is 29.8 Å². The highest BCUT2D eigenvalue weighted by atomic mass is 35.5. The van der Waals surface area contributed by atoms with Crippen molar-refractivity contribution in [3.8, 4) is 11.5 Å². The highest BCUT2D eigenvalue weighted by Gasteiger charge is 2.21. The van der Waals surface area contributed by atoms with Gasteiger partial charge in [0.25, 0.3) is 0 Å². The molecule has 4 nitrogen and oxygen atoms in total. The van der Waals surface area contributed by atoms with Crippen LogP contribution in [0.4, 0.5) is 11.5 Å². The Morgan fingerprint density at radius 3 is 2.81 bits per heavy atom. The number of nitrogens with one attached hydrogen (secondary N) is 1. The topological polar surface area (TPSA) is 47.0 Å². The van der Waals surface area contributed by atoms with Gasteiger partial charge in [-0.3, -0.25) is 0 Å². The Labute approximate surface area is 165 Å². The van der Waals surface area contributed by atoms with E-state index in [0.29, 0.717) is 10.8 Å². The van der Waals surface area contributed by atoms with E-state index in [2.05, 4.69) is 15.3 Å². The Morgan fingerprint density at radius 1 is 1.04 bits per heavy atom. The molecule has 134 valence electrons. The lowest BCUT2D eigenvalue weighted by Crippen LogP contribution is -1.98. The lowest BCUT2D eigenvalue weighted by molar-refractivity contribution is 0.485. The predicted octanol–water partition coefficient (Wildman–Crippen LogP) is 6.37. The van der Waals surface area contributed by atoms with Crippen LogP contribution in [0.25, 0.3) is 10.2 Å². The molecule has 0 atom stereocenters. The summed E-state index contributed by atoms with van der Waals surface area (Å²) in [6, 6.07) is 15.3. The van der Waals surface area contributed by atoms with Crippen molar-refractivity contribution in [3.63, 3.8) is 0 Å². The molecule has 0 saturated carbocycles. The number of hydrogen-bond donors (Lipinski definition) is 1. The smallest absolute Gasteiger partial charge is 0.151 e. The van der Waals surface area contributed by atoms with E-state index in [9.17, 15) is 0 Å². The van der Waals surface area contributed by atoms with Crippen molar-refractivity contribution in [2.24, 2.45) is 0 Å². The minimum absolute atomic E-state index is 0.638. The summed E-state index contributed by atoms with van der Waals surface area (Å²) >= 11 is 8.02. The van der Waals surface area contributed by atoms with E-state index in [-0.39, 0.29) is 0 Å². The van der Waals surface area contributed by atoms with Crippen LogP contribution in [0.2, 0.25) is 5.02 Å². The van der Waals surface area contributed by atoms with E-state index in [1.165, 1.54) is 16.9 Å². The molecule has 0 aliphatic heterocycles. The summed E-state index contributed by atoms with van der Waals surface area (Å²) < 4.78 is 6.06. The average molecular weight is 394 g/mol. The molecule has 0 saturated heterocycles. The SMILES string of the molecule is Clc1ccc(Oc2ccccc2)c(Nc2ncnc3sc4c(c23)CCC4)c1. The van der Waals surface area contributed by atoms with Crippen LogP contribution in [0.5, 0.6) is 11.5 Å². The molecule has 1 aliphatic carbocycles. The minimum Gasteiger partial charge on any atom is -0.455 e. The van der Waals surface area contributed by atoms with Crippen LogP contribution in [-0.4, -0.2) is 9.97 Å². The molecule has 6 heteroatoms. The number of fused-ring (bicyclic) bond motifs is 3. The zero-order valence-corrected chi connectivity index (χ0v) is 16.0. The Hall–Kier alpha value is -2.63. The van der Waals surface area contributed by atoms with Crippen LogP contribution in [0.1, 0.15) is 16.9 Å². The van der Waals surface area contributed by atoms with Crippen molar-refractivity contribution in [1.29, 1.82) is 0 Å². The first-order valence-corrected chi connectivity index (χ1v) is 10.0. The van der Waals surface area contributed by atoms with E-state index < -0.39 is 0 Å². The van der Waals surface area contributed by atoms with E-state index in [4.69, 9.17) is 16.3 Å². The quantitative estimate of drug-likeness (QED) is 0.437. The minimum atomic E-state index is 0.638. The second-order valence-corrected chi connectivity index (χ2v) is 7.96. The van der Waals surface area contributed by atoms with Crippen molar-refractivity contribution >= 4 is 44.7 Å². The number of benzene rings is 2. The van der Waals surface area contributed by atoms with E-state index in [0.717, 1.165) is 40.3 Å². The number of halogens is 1. The van der Waals surface area contributed by atoms with Crippen molar-refractivity contribution < 1.29 is 4.74 Å². The third-order valence-corrected chi connectivity index (χ3v) is 6.10. The summed E-state index contributed by atoms with van der Waals surface area (Å²) in [6.45, 7) is 0. The van der Waals surface area contributed by atoms with Gasteiger partial charge in [-0.2, -0.15) is 0 Å². The highest BCUT2D eigenvalue weighted by molar-refractivity contribution is 7.19. The number of hydrogen-bond acceptors (Lipinski definition) is 5. The summed E-state index contributed by atoms with van der Waals surface area (Å²) in [5.41, 5.74) is 2.16. The summed E-state index contributed by atoms with van der Waals surface area (Å²) in [4.78, 5) is 11.4. The van der Waals surface area contributed by atoms with Crippen molar-refractivity contribution in [1.82, 2.24) is 9.97 Å². The normalized spacial score (nSPS) is 12.9. The van der Waals surface area contributed by atoms with Crippen molar-refractivity contribution in [2.45, 2.75) is 19.3 Å². The molecule has 0 amide bonds. The number of para-hydroxylation sites is 1. The Balaban J connectivity index is 1.56. The molecular formula is C21H16ClN3OS. The molecule has 2 heterocycles. The number of aromatic nitrogens is 2. The van der Waals surface area contributed by atoms with Gasteiger partial charge in [-0.25, -0.2) is 9.97 Å². The van der Waals surface area contributed by atoms with Gasteiger partial charge in [0.15, 0.2) is 5.75 Å². The maximum atomic E-state index is 6.25. The van der Waals surface area contributed by atoms with Crippen LogP contribution in [0.15, 0.2) is 54.9 Å². The zero-order valence-electron chi connectivity index (χ0n) is 14.4. The van der Waals surface area contributed by atoms with E-state index in [1.807, 2.05) is 48.5 Å². The lowest BCUT2D eigenvalue weighted by atomic mass is 10.2. The monoisotopic (exact) mass is 393 g/mol. The first-order valence-electron chi connectivity index (χ1n) is 8.82. The second kappa shape index (κ2) is 6.83. The third kappa shape index (κ3) is 3.13. The van der Waals surface area contributed by atoms with Crippen LogP contribution in [0, 0.1) is 0 Å². The second-order valence-electron chi connectivity index (χ2n) is 6.44. The first kappa shape index (κ1) is 16.5. The Kier molecular flexibility index (Phi) is 4.19. The van der Waals surface area contributed by atoms with Gasteiger partial charge in [0.2, 0.25) is 0 Å². The molecular weight excluding hydrogens is 378 g/mol. The molecule has 2 aromatic heterocycles. The fourth-order valence-corrected chi connectivity index (χ4v) is 4.86. The van der Waals surface area contributed by atoms with Gasteiger partial charge in [-0.15, -0.1) is 11.3 Å². The number of ether oxygens (including phenoxy) is 1. The molecule has 2 aromatic carbocycles. The lowest BCUT2D eigenvalue weighted by Gasteiger charge is -2.14. The highest BCUT2D eigenvalue weighted by Crippen LogP contribution is 2.41. The number of aryl methyl sites for hydroxylation is 2. The molecule has 0 radical (unpaired) electrons. The summed E-state index contributed by atoms with van der Waals surface area (Å²) in [6.07, 6.45) is 5.03. The number of nitrogens with zero attached hydrogens (tertiary/aromatic N) is 2. The van der Waals surface area contributed by atoms with Crippen LogP contribution < -0.4 is 10.1 Å². The maximum Gasteiger partial charge on any atom is 0.151 e. The van der Waals surface area contributed by atoms with E-state index >= 15 is 0 Å².